The second kappa shape index (κ2) is 8.18. The van der Waals surface area contributed by atoms with Crippen LogP contribution in [0.1, 0.15) is 36.8 Å². The molecule has 1 unspecified atom stereocenters. The Kier molecular flexibility index (Phi) is 5.93. The second-order valence-corrected chi connectivity index (χ2v) is 8.17. The first kappa shape index (κ1) is 18.8. The summed E-state index contributed by atoms with van der Waals surface area (Å²) in [6.45, 7) is 6.57. The Labute approximate surface area is 158 Å². The number of ether oxygens (including phenoxy) is 1. The fraction of sp³-hybridized carbons (Fsp3) is 0.611. The van der Waals surface area contributed by atoms with Gasteiger partial charge in [0.05, 0.1) is 6.54 Å². The van der Waals surface area contributed by atoms with Crippen molar-refractivity contribution in [3.8, 4) is 0 Å². The molecule has 26 heavy (non-hydrogen) atoms. The number of hydrogen-bond acceptors (Lipinski definition) is 5. The number of hydrogen-bond donors (Lipinski definition) is 2. The molecule has 0 radical (unpaired) electrons. The van der Waals surface area contributed by atoms with Gasteiger partial charge in [0.2, 0.25) is 0 Å². The van der Waals surface area contributed by atoms with Crippen molar-refractivity contribution in [2.24, 2.45) is 4.99 Å². The highest BCUT2D eigenvalue weighted by Gasteiger charge is 2.24. The summed E-state index contributed by atoms with van der Waals surface area (Å²) in [5.41, 5.74) is 0.0620. The van der Waals surface area contributed by atoms with Gasteiger partial charge in [-0.25, -0.2) is 9.67 Å². The molecule has 1 aliphatic heterocycles. The zero-order chi connectivity index (χ0) is 18.6. The summed E-state index contributed by atoms with van der Waals surface area (Å²) < 4.78 is 7.11. The van der Waals surface area contributed by atoms with E-state index in [9.17, 15) is 0 Å². The fourth-order valence-corrected chi connectivity index (χ4v) is 3.96. The minimum Gasteiger partial charge on any atom is -0.377 e. The first-order valence-corrected chi connectivity index (χ1v) is 9.82. The molecule has 2 aromatic heterocycles. The molecular formula is C18H28N6OS. The SMILES string of the molecule is CN=C(NCC(C)(C)c1cccs1)NC1CCc2nc(COC)nn2C1. The molecule has 2 aromatic rings. The van der Waals surface area contributed by atoms with Crippen molar-refractivity contribution in [1.82, 2.24) is 25.4 Å². The molecule has 8 heteroatoms. The number of aryl methyl sites for hydroxylation is 1. The van der Waals surface area contributed by atoms with Gasteiger partial charge in [0.15, 0.2) is 11.8 Å². The first-order valence-electron chi connectivity index (χ1n) is 8.94. The van der Waals surface area contributed by atoms with E-state index in [1.165, 1.54) is 4.88 Å². The highest BCUT2D eigenvalue weighted by Crippen LogP contribution is 2.26. The number of nitrogens with zero attached hydrogens (tertiary/aromatic N) is 4. The zero-order valence-corrected chi connectivity index (χ0v) is 16.8. The zero-order valence-electron chi connectivity index (χ0n) is 16.0. The van der Waals surface area contributed by atoms with Crippen LogP contribution >= 0.6 is 11.3 Å². The highest BCUT2D eigenvalue weighted by molar-refractivity contribution is 7.10. The molecule has 7 nitrogen and oxygen atoms in total. The van der Waals surface area contributed by atoms with Crippen molar-refractivity contribution < 1.29 is 4.74 Å². The van der Waals surface area contributed by atoms with Crippen molar-refractivity contribution >= 4 is 17.3 Å². The van der Waals surface area contributed by atoms with Crippen LogP contribution in [0.15, 0.2) is 22.5 Å². The molecule has 1 aliphatic rings. The average molecular weight is 377 g/mol. The monoisotopic (exact) mass is 376 g/mol. The van der Waals surface area contributed by atoms with Crippen molar-refractivity contribution in [2.45, 2.75) is 51.3 Å². The van der Waals surface area contributed by atoms with E-state index in [-0.39, 0.29) is 11.5 Å². The molecule has 142 valence electrons. The maximum atomic E-state index is 5.13. The summed E-state index contributed by atoms with van der Waals surface area (Å²) in [6, 6.07) is 4.58. The largest absolute Gasteiger partial charge is 0.377 e. The number of fused-ring (bicyclic) bond motifs is 1. The van der Waals surface area contributed by atoms with Gasteiger partial charge in [-0.15, -0.1) is 11.3 Å². The van der Waals surface area contributed by atoms with Crippen LogP contribution in [-0.4, -0.2) is 47.5 Å². The predicted molar refractivity (Wildman–Crippen MR) is 105 cm³/mol. The number of thiophene rings is 1. The Balaban J connectivity index is 1.55. The lowest BCUT2D eigenvalue weighted by molar-refractivity contribution is 0.177. The Morgan fingerprint density at radius 2 is 2.35 bits per heavy atom. The average Bonchev–Trinajstić information content (AvgIpc) is 3.28. The third-order valence-electron chi connectivity index (χ3n) is 4.63. The summed E-state index contributed by atoms with van der Waals surface area (Å²) in [5, 5.41) is 13.7. The van der Waals surface area contributed by atoms with E-state index in [1.807, 2.05) is 11.7 Å². The summed E-state index contributed by atoms with van der Waals surface area (Å²) in [7, 11) is 3.48. The van der Waals surface area contributed by atoms with Crippen molar-refractivity contribution in [1.29, 1.82) is 0 Å². The van der Waals surface area contributed by atoms with Crippen LogP contribution < -0.4 is 10.6 Å². The smallest absolute Gasteiger partial charge is 0.191 e. The molecule has 1 atom stereocenters. The first-order chi connectivity index (χ1) is 12.5. The molecule has 0 aromatic carbocycles. The predicted octanol–water partition coefficient (Wildman–Crippen LogP) is 1.94. The number of nitrogens with one attached hydrogen (secondary N) is 2. The van der Waals surface area contributed by atoms with Gasteiger partial charge in [-0.2, -0.15) is 5.10 Å². The quantitative estimate of drug-likeness (QED) is 0.595. The lowest BCUT2D eigenvalue weighted by Crippen LogP contribution is -2.49. The Hall–Kier alpha value is -1.93. The molecule has 0 spiro atoms. The van der Waals surface area contributed by atoms with Crippen molar-refractivity contribution in [2.75, 3.05) is 20.7 Å². The van der Waals surface area contributed by atoms with Gasteiger partial charge in [0.1, 0.15) is 12.4 Å². The molecular weight excluding hydrogens is 348 g/mol. The second-order valence-electron chi connectivity index (χ2n) is 7.23. The minimum absolute atomic E-state index is 0.0620. The molecule has 0 saturated heterocycles. The van der Waals surface area contributed by atoms with Gasteiger partial charge in [-0.1, -0.05) is 19.9 Å². The van der Waals surface area contributed by atoms with Crippen LogP contribution in [0, 0.1) is 0 Å². The summed E-state index contributed by atoms with van der Waals surface area (Å²) in [4.78, 5) is 10.3. The van der Waals surface area contributed by atoms with E-state index in [0.29, 0.717) is 6.61 Å². The lowest BCUT2D eigenvalue weighted by atomic mass is 9.91. The third-order valence-corrected chi connectivity index (χ3v) is 5.86. The van der Waals surface area contributed by atoms with Gasteiger partial charge in [-0.3, -0.25) is 4.99 Å². The molecule has 3 rings (SSSR count). The Morgan fingerprint density at radius 3 is 3.04 bits per heavy atom. The Bertz CT molecular complexity index is 737. The summed E-state index contributed by atoms with van der Waals surface area (Å²) in [6.07, 6.45) is 1.92. The van der Waals surface area contributed by atoms with Gasteiger partial charge in [0, 0.05) is 43.5 Å². The number of guanidine groups is 1. The molecule has 0 amide bonds. The maximum absolute atomic E-state index is 5.13. The van der Waals surface area contributed by atoms with E-state index in [1.54, 1.807) is 18.4 Å². The topological polar surface area (TPSA) is 76.4 Å². The number of aliphatic imine (C=N–C) groups is 1. The lowest BCUT2D eigenvalue weighted by Gasteiger charge is -2.28. The van der Waals surface area contributed by atoms with Gasteiger partial charge in [-0.05, 0) is 17.9 Å². The number of rotatable bonds is 6. The highest BCUT2D eigenvalue weighted by atomic mass is 32.1. The standard InChI is InChI=1S/C18H28N6OS/c1-18(2,14-6-5-9-26-14)12-20-17(19-3)21-13-7-8-16-22-15(11-25-4)23-24(16)10-13/h5-6,9,13H,7-8,10-12H2,1-4H3,(H2,19,20,21). The molecule has 0 saturated carbocycles. The van der Waals surface area contributed by atoms with Crippen molar-refractivity contribution in [3.63, 3.8) is 0 Å². The molecule has 0 fully saturated rings. The maximum Gasteiger partial charge on any atom is 0.191 e. The normalized spacial score (nSPS) is 17.8. The molecule has 0 aliphatic carbocycles. The number of aromatic nitrogens is 3. The van der Waals surface area contributed by atoms with Crippen LogP contribution in [0.2, 0.25) is 0 Å². The van der Waals surface area contributed by atoms with E-state index in [0.717, 1.165) is 43.5 Å². The van der Waals surface area contributed by atoms with Crippen LogP contribution in [-0.2, 0) is 29.7 Å². The molecule has 3 heterocycles. The van der Waals surface area contributed by atoms with Gasteiger partial charge < -0.3 is 15.4 Å². The van der Waals surface area contributed by atoms with E-state index >= 15 is 0 Å². The van der Waals surface area contributed by atoms with E-state index in [2.05, 4.69) is 57.1 Å². The summed E-state index contributed by atoms with van der Waals surface area (Å²) in [5.74, 6) is 2.63. The summed E-state index contributed by atoms with van der Waals surface area (Å²) >= 11 is 1.79. The van der Waals surface area contributed by atoms with Crippen molar-refractivity contribution in [3.05, 3.63) is 34.0 Å². The number of methoxy groups -OCH3 is 1. The van der Waals surface area contributed by atoms with Gasteiger partial charge in [0.25, 0.3) is 0 Å². The van der Waals surface area contributed by atoms with Crippen LogP contribution in [0.25, 0.3) is 0 Å². The van der Waals surface area contributed by atoms with Gasteiger partial charge >= 0.3 is 0 Å². The van der Waals surface area contributed by atoms with Crippen LogP contribution in [0.4, 0.5) is 0 Å². The van der Waals surface area contributed by atoms with Crippen LogP contribution in [0.5, 0.6) is 0 Å². The van der Waals surface area contributed by atoms with Crippen LogP contribution in [0.3, 0.4) is 0 Å². The molecule has 2 N–H and O–H groups in total. The fourth-order valence-electron chi connectivity index (χ4n) is 3.11. The van der Waals surface area contributed by atoms with E-state index < -0.39 is 0 Å². The van der Waals surface area contributed by atoms with E-state index in [4.69, 9.17) is 4.74 Å². The third kappa shape index (κ3) is 4.42. The Morgan fingerprint density at radius 1 is 1.50 bits per heavy atom. The molecule has 0 bridgehead atoms. The minimum atomic E-state index is 0.0620.